The number of nitrogens with zero attached hydrogens (tertiary/aromatic N) is 2. The number of rotatable bonds is 3. The van der Waals surface area contributed by atoms with E-state index in [9.17, 15) is 0 Å². The molecule has 2 aromatic carbocycles. The summed E-state index contributed by atoms with van der Waals surface area (Å²) < 4.78 is 0. The summed E-state index contributed by atoms with van der Waals surface area (Å²) in [7, 11) is 0. The quantitative estimate of drug-likeness (QED) is 0.560. The summed E-state index contributed by atoms with van der Waals surface area (Å²) >= 11 is 0. The standard InChI is InChI=1S/C16H16N4/c1-11-7-8-12(2)13(9-11)10-17-20-16-18-14-5-3-4-6-15(14)19-16/h3-10H,1-2H3,(H2,18,19,20)/b17-10-. The van der Waals surface area contributed by atoms with Gasteiger partial charge in [0, 0.05) is 0 Å². The first-order chi connectivity index (χ1) is 9.72. The monoisotopic (exact) mass is 264 g/mol. The maximum Gasteiger partial charge on any atom is 0.222 e. The van der Waals surface area contributed by atoms with Crippen LogP contribution in [0.4, 0.5) is 5.95 Å². The van der Waals surface area contributed by atoms with E-state index in [0.717, 1.165) is 16.6 Å². The van der Waals surface area contributed by atoms with Crippen molar-refractivity contribution in [3.8, 4) is 0 Å². The molecule has 0 aliphatic rings. The third-order valence-corrected chi connectivity index (χ3v) is 3.20. The lowest BCUT2D eigenvalue weighted by atomic mass is 10.1. The van der Waals surface area contributed by atoms with Gasteiger partial charge in [-0.25, -0.2) is 10.4 Å². The highest BCUT2D eigenvalue weighted by Crippen LogP contribution is 2.13. The van der Waals surface area contributed by atoms with E-state index in [0.29, 0.717) is 5.95 Å². The van der Waals surface area contributed by atoms with E-state index in [1.165, 1.54) is 11.1 Å². The predicted octanol–water partition coefficient (Wildman–Crippen LogP) is 3.63. The molecular formula is C16H16N4. The van der Waals surface area contributed by atoms with Crippen LogP contribution in [-0.4, -0.2) is 16.2 Å². The number of nitrogens with one attached hydrogen (secondary N) is 2. The minimum Gasteiger partial charge on any atom is -0.323 e. The molecule has 1 heterocycles. The fraction of sp³-hybridized carbons (Fsp3) is 0.125. The topological polar surface area (TPSA) is 53.1 Å². The van der Waals surface area contributed by atoms with Gasteiger partial charge in [-0.2, -0.15) is 5.10 Å². The summed E-state index contributed by atoms with van der Waals surface area (Å²) in [5.41, 5.74) is 8.38. The largest absolute Gasteiger partial charge is 0.323 e. The van der Waals surface area contributed by atoms with Gasteiger partial charge in [-0.3, -0.25) is 0 Å². The minimum absolute atomic E-state index is 0.646. The maximum atomic E-state index is 4.40. The molecule has 0 saturated heterocycles. The van der Waals surface area contributed by atoms with Crippen LogP contribution in [0.3, 0.4) is 0 Å². The molecule has 0 fully saturated rings. The fourth-order valence-electron chi connectivity index (χ4n) is 2.07. The molecule has 3 aromatic rings. The summed E-state index contributed by atoms with van der Waals surface area (Å²) in [6.07, 6.45) is 1.82. The van der Waals surface area contributed by atoms with Gasteiger partial charge in [0.05, 0.1) is 17.2 Å². The zero-order valence-electron chi connectivity index (χ0n) is 11.5. The van der Waals surface area contributed by atoms with Gasteiger partial charge in [0.15, 0.2) is 0 Å². The van der Waals surface area contributed by atoms with Crippen molar-refractivity contribution in [2.75, 3.05) is 5.43 Å². The van der Waals surface area contributed by atoms with Gasteiger partial charge in [-0.15, -0.1) is 0 Å². The SMILES string of the molecule is Cc1ccc(C)c(/C=N\Nc2nc3ccccc3[nH]2)c1. The molecule has 100 valence electrons. The highest BCUT2D eigenvalue weighted by Gasteiger charge is 2.00. The molecule has 0 amide bonds. The smallest absolute Gasteiger partial charge is 0.222 e. The number of imidazole rings is 1. The molecule has 0 saturated carbocycles. The minimum atomic E-state index is 0.646. The number of hydrogen-bond acceptors (Lipinski definition) is 3. The molecule has 3 rings (SSSR count). The number of para-hydroxylation sites is 2. The summed E-state index contributed by atoms with van der Waals surface area (Å²) in [6, 6.07) is 14.2. The number of aromatic amines is 1. The van der Waals surface area contributed by atoms with Crippen LogP contribution in [0.2, 0.25) is 0 Å². The molecule has 4 heteroatoms. The van der Waals surface area contributed by atoms with Crippen LogP contribution in [0.5, 0.6) is 0 Å². The molecule has 0 bridgehead atoms. The van der Waals surface area contributed by atoms with Crippen molar-refractivity contribution in [2.45, 2.75) is 13.8 Å². The number of anilines is 1. The van der Waals surface area contributed by atoms with E-state index in [1.54, 1.807) is 0 Å². The van der Waals surface area contributed by atoms with E-state index >= 15 is 0 Å². The van der Waals surface area contributed by atoms with Crippen LogP contribution in [-0.2, 0) is 0 Å². The molecule has 0 atom stereocenters. The van der Waals surface area contributed by atoms with Gasteiger partial charge < -0.3 is 4.98 Å². The Morgan fingerprint density at radius 2 is 2.00 bits per heavy atom. The third kappa shape index (κ3) is 2.54. The number of hydrazone groups is 1. The van der Waals surface area contributed by atoms with Crippen LogP contribution in [0.25, 0.3) is 11.0 Å². The summed E-state index contributed by atoms with van der Waals surface area (Å²) in [4.78, 5) is 7.58. The summed E-state index contributed by atoms with van der Waals surface area (Å²) in [6.45, 7) is 4.14. The van der Waals surface area contributed by atoms with Crippen LogP contribution >= 0.6 is 0 Å². The van der Waals surface area contributed by atoms with E-state index in [1.807, 2.05) is 30.5 Å². The number of aromatic nitrogens is 2. The molecular weight excluding hydrogens is 248 g/mol. The number of fused-ring (bicyclic) bond motifs is 1. The lowest BCUT2D eigenvalue weighted by molar-refractivity contribution is 1.21. The van der Waals surface area contributed by atoms with Gasteiger partial charge in [0.25, 0.3) is 0 Å². The molecule has 1 aromatic heterocycles. The van der Waals surface area contributed by atoms with Gasteiger partial charge >= 0.3 is 0 Å². The van der Waals surface area contributed by atoms with E-state index in [-0.39, 0.29) is 0 Å². The molecule has 0 radical (unpaired) electrons. The lowest BCUT2D eigenvalue weighted by Gasteiger charge is -2.01. The Bertz CT molecular complexity index is 738. The Hall–Kier alpha value is -2.62. The lowest BCUT2D eigenvalue weighted by Crippen LogP contribution is -1.94. The van der Waals surface area contributed by atoms with Gasteiger partial charge in [-0.05, 0) is 37.1 Å². The van der Waals surface area contributed by atoms with Gasteiger partial charge in [-0.1, -0.05) is 35.9 Å². The van der Waals surface area contributed by atoms with Crippen LogP contribution in [0.1, 0.15) is 16.7 Å². The zero-order valence-corrected chi connectivity index (χ0v) is 11.5. The predicted molar refractivity (Wildman–Crippen MR) is 83.2 cm³/mol. The first kappa shape index (κ1) is 12.4. The Morgan fingerprint density at radius 1 is 1.15 bits per heavy atom. The second-order valence-corrected chi connectivity index (χ2v) is 4.83. The first-order valence-corrected chi connectivity index (χ1v) is 6.53. The summed E-state index contributed by atoms with van der Waals surface area (Å²) in [5, 5.41) is 4.24. The number of hydrogen-bond donors (Lipinski definition) is 2. The third-order valence-electron chi connectivity index (χ3n) is 3.20. The van der Waals surface area contributed by atoms with Crippen LogP contribution in [0, 0.1) is 13.8 Å². The molecule has 0 unspecified atom stereocenters. The highest BCUT2D eigenvalue weighted by molar-refractivity contribution is 5.82. The van der Waals surface area contributed by atoms with E-state index in [4.69, 9.17) is 0 Å². The van der Waals surface area contributed by atoms with Gasteiger partial charge in [0.2, 0.25) is 5.95 Å². The van der Waals surface area contributed by atoms with Crippen molar-refractivity contribution in [1.82, 2.24) is 9.97 Å². The van der Waals surface area contributed by atoms with Crippen molar-refractivity contribution in [1.29, 1.82) is 0 Å². The van der Waals surface area contributed by atoms with Crippen molar-refractivity contribution in [3.05, 3.63) is 59.2 Å². The fourth-order valence-corrected chi connectivity index (χ4v) is 2.07. The average Bonchev–Trinajstić information content (AvgIpc) is 2.85. The molecule has 2 N–H and O–H groups in total. The molecule has 0 aliphatic heterocycles. The van der Waals surface area contributed by atoms with E-state index < -0.39 is 0 Å². The van der Waals surface area contributed by atoms with Crippen LogP contribution in [0.15, 0.2) is 47.6 Å². The maximum absolute atomic E-state index is 4.40. The Kier molecular flexibility index (Phi) is 3.21. The molecule has 4 nitrogen and oxygen atoms in total. The Labute approximate surface area is 117 Å². The zero-order chi connectivity index (χ0) is 13.9. The second-order valence-electron chi connectivity index (χ2n) is 4.83. The Morgan fingerprint density at radius 3 is 2.85 bits per heavy atom. The highest BCUT2D eigenvalue weighted by atomic mass is 15.3. The summed E-state index contributed by atoms with van der Waals surface area (Å²) in [5.74, 6) is 0.646. The molecule has 0 spiro atoms. The first-order valence-electron chi connectivity index (χ1n) is 6.53. The number of benzene rings is 2. The molecule has 20 heavy (non-hydrogen) atoms. The molecule has 0 aliphatic carbocycles. The average molecular weight is 264 g/mol. The second kappa shape index (κ2) is 5.17. The van der Waals surface area contributed by atoms with Crippen molar-refractivity contribution in [2.24, 2.45) is 5.10 Å². The van der Waals surface area contributed by atoms with E-state index in [2.05, 4.69) is 52.5 Å². The van der Waals surface area contributed by atoms with Crippen molar-refractivity contribution >= 4 is 23.2 Å². The van der Waals surface area contributed by atoms with Gasteiger partial charge in [0.1, 0.15) is 0 Å². The number of H-pyrrole nitrogens is 1. The van der Waals surface area contributed by atoms with Crippen molar-refractivity contribution in [3.63, 3.8) is 0 Å². The van der Waals surface area contributed by atoms with Crippen LogP contribution < -0.4 is 5.43 Å². The number of aryl methyl sites for hydroxylation is 2. The van der Waals surface area contributed by atoms with Crippen molar-refractivity contribution < 1.29 is 0 Å². The Balaban J connectivity index is 1.78. The normalized spacial score (nSPS) is 11.3.